The third-order valence-electron chi connectivity index (χ3n) is 4.32. The molecule has 0 aliphatic carbocycles. The lowest BCUT2D eigenvalue weighted by molar-refractivity contribution is 0.483. The quantitative estimate of drug-likeness (QED) is 0.647. The van der Waals surface area contributed by atoms with Gasteiger partial charge in [-0.25, -0.2) is 9.97 Å². The monoisotopic (exact) mass is 305 g/mol. The molecule has 1 atom stereocenters. The van der Waals surface area contributed by atoms with Gasteiger partial charge in [0.25, 0.3) is 0 Å². The van der Waals surface area contributed by atoms with E-state index in [2.05, 4.69) is 53.9 Å². The van der Waals surface area contributed by atoms with Crippen LogP contribution in [0.25, 0.3) is 22.0 Å². The number of fused-ring (bicyclic) bond motifs is 1. The summed E-state index contributed by atoms with van der Waals surface area (Å²) in [7, 11) is 0. The highest BCUT2D eigenvalue weighted by molar-refractivity contribution is 5.86. The van der Waals surface area contributed by atoms with Crippen molar-refractivity contribution in [3.8, 4) is 11.1 Å². The minimum atomic E-state index is 0.480. The Hall–Kier alpha value is -2.29. The molecule has 0 spiro atoms. The van der Waals surface area contributed by atoms with Crippen LogP contribution in [0.1, 0.15) is 45.2 Å². The molecule has 3 rings (SSSR count). The van der Waals surface area contributed by atoms with Crippen LogP contribution in [0.2, 0.25) is 0 Å². The Morgan fingerprint density at radius 2 is 1.74 bits per heavy atom. The van der Waals surface area contributed by atoms with Crippen molar-refractivity contribution in [2.24, 2.45) is 5.92 Å². The minimum absolute atomic E-state index is 0.480. The molecule has 3 nitrogen and oxygen atoms in total. The van der Waals surface area contributed by atoms with Crippen LogP contribution in [-0.2, 0) is 0 Å². The standard InChI is InChI=1S/C20H23N3/c1-4-15(11-14(2)3)20-18-12-17(16-7-9-21-10-8-16)5-6-19(18)22-13-23-20/h5-10,12-15H,4,11H2,1-3H3. The summed E-state index contributed by atoms with van der Waals surface area (Å²) >= 11 is 0. The van der Waals surface area contributed by atoms with Crippen molar-refractivity contribution in [2.75, 3.05) is 0 Å². The first kappa shape index (κ1) is 15.6. The number of hydrogen-bond acceptors (Lipinski definition) is 3. The molecule has 0 radical (unpaired) electrons. The van der Waals surface area contributed by atoms with Gasteiger partial charge in [0.15, 0.2) is 0 Å². The first-order valence-electron chi connectivity index (χ1n) is 8.34. The first-order chi connectivity index (χ1) is 11.2. The second-order valence-corrected chi connectivity index (χ2v) is 6.46. The zero-order valence-electron chi connectivity index (χ0n) is 14.0. The highest BCUT2D eigenvalue weighted by Crippen LogP contribution is 2.32. The van der Waals surface area contributed by atoms with Crippen LogP contribution < -0.4 is 0 Å². The molecule has 23 heavy (non-hydrogen) atoms. The van der Waals surface area contributed by atoms with Crippen molar-refractivity contribution in [1.82, 2.24) is 15.0 Å². The molecule has 3 aromatic rings. The van der Waals surface area contributed by atoms with Gasteiger partial charge in [0, 0.05) is 23.7 Å². The van der Waals surface area contributed by atoms with E-state index < -0.39 is 0 Å². The topological polar surface area (TPSA) is 38.7 Å². The van der Waals surface area contributed by atoms with Gasteiger partial charge in [-0.15, -0.1) is 0 Å². The fraction of sp³-hybridized carbons (Fsp3) is 0.350. The maximum Gasteiger partial charge on any atom is 0.116 e. The normalized spacial score (nSPS) is 12.7. The van der Waals surface area contributed by atoms with E-state index in [1.807, 2.05) is 24.5 Å². The Kier molecular flexibility index (Phi) is 4.65. The van der Waals surface area contributed by atoms with Gasteiger partial charge in [-0.3, -0.25) is 4.98 Å². The summed E-state index contributed by atoms with van der Waals surface area (Å²) in [5.41, 5.74) is 4.57. The Morgan fingerprint density at radius 1 is 0.957 bits per heavy atom. The Bertz CT molecular complexity index is 781. The zero-order valence-corrected chi connectivity index (χ0v) is 14.0. The molecule has 0 N–H and O–H groups in total. The maximum absolute atomic E-state index is 4.64. The molecule has 118 valence electrons. The fourth-order valence-corrected chi connectivity index (χ4v) is 3.17. The number of aromatic nitrogens is 3. The number of pyridine rings is 1. The van der Waals surface area contributed by atoms with Gasteiger partial charge in [-0.2, -0.15) is 0 Å². The zero-order chi connectivity index (χ0) is 16.2. The van der Waals surface area contributed by atoms with Crippen LogP contribution in [-0.4, -0.2) is 15.0 Å². The van der Waals surface area contributed by atoms with Crippen molar-refractivity contribution in [3.05, 3.63) is 54.7 Å². The predicted octanol–water partition coefficient (Wildman–Crippen LogP) is 5.23. The van der Waals surface area contributed by atoms with Gasteiger partial charge in [-0.05, 0) is 54.2 Å². The van der Waals surface area contributed by atoms with Gasteiger partial charge in [0.05, 0.1) is 11.2 Å². The molecule has 0 saturated heterocycles. The van der Waals surface area contributed by atoms with E-state index in [9.17, 15) is 0 Å². The lowest BCUT2D eigenvalue weighted by atomic mass is 9.89. The highest BCUT2D eigenvalue weighted by Gasteiger charge is 2.16. The van der Waals surface area contributed by atoms with Gasteiger partial charge in [0.1, 0.15) is 6.33 Å². The number of rotatable bonds is 5. The summed E-state index contributed by atoms with van der Waals surface area (Å²) in [5.74, 6) is 1.14. The SMILES string of the molecule is CCC(CC(C)C)c1ncnc2ccc(-c3ccncc3)cc12. The van der Waals surface area contributed by atoms with E-state index in [1.165, 1.54) is 22.2 Å². The summed E-state index contributed by atoms with van der Waals surface area (Å²) in [4.78, 5) is 13.2. The smallest absolute Gasteiger partial charge is 0.116 e. The minimum Gasteiger partial charge on any atom is -0.265 e. The van der Waals surface area contributed by atoms with E-state index in [-0.39, 0.29) is 0 Å². The summed E-state index contributed by atoms with van der Waals surface area (Å²) in [6.45, 7) is 6.79. The van der Waals surface area contributed by atoms with E-state index in [1.54, 1.807) is 6.33 Å². The Balaban J connectivity index is 2.11. The molecule has 0 aliphatic heterocycles. The molecule has 0 bridgehead atoms. The molecule has 0 fully saturated rings. The van der Waals surface area contributed by atoms with Gasteiger partial charge in [-0.1, -0.05) is 26.8 Å². The van der Waals surface area contributed by atoms with E-state index in [4.69, 9.17) is 0 Å². The third-order valence-corrected chi connectivity index (χ3v) is 4.32. The largest absolute Gasteiger partial charge is 0.265 e. The lowest BCUT2D eigenvalue weighted by Crippen LogP contribution is -2.05. The van der Waals surface area contributed by atoms with Crippen LogP contribution in [0.5, 0.6) is 0 Å². The molecule has 3 heteroatoms. The second-order valence-electron chi connectivity index (χ2n) is 6.46. The van der Waals surface area contributed by atoms with Crippen LogP contribution in [0.3, 0.4) is 0 Å². The molecule has 0 aliphatic rings. The van der Waals surface area contributed by atoms with Crippen molar-refractivity contribution >= 4 is 10.9 Å². The van der Waals surface area contributed by atoms with Crippen molar-refractivity contribution in [1.29, 1.82) is 0 Å². The molecule has 1 aromatic carbocycles. The van der Waals surface area contributed by atoms with Crippen molar-refractivity contribution < 1.29 is 0 Å². The summed E-state index contributed by atoms with van der Waals surface area (Å²) < 4.78 is 0. The average Bonchev–Trinajstić information content (AvgIpc) is 2.59. The van der Waals surface area contributed by atoms with E-state index >= 15 is 0 Å². The summed E-state index contributed by atoms with van der Waals surface area (Å²) in [6.07, 6.45) is 7.61. The van der Waals surface area contributed by atoms with Crippen LogP contribution >= 0.6 is 0 Å². The summed E-state index contributed by atoms with van der Waals surface area (Å²) in [5, 5.41) is 1.18. The first-order valence-corrected chi connectivity index (χ1v) is 8.34. The van der Waals surface area contributed by atoms with E-state index in [0.717, 1.165) is 18.4 Å². The summed E-state index contributed by atoms with van der Waals surface area (Å²) in [6, 6.07) is 10.5. The van der Waals surface area contributed by atoms with Gasteiger partial charge in [0.2, 0.25) is 0 Å². The third kappa shape index (κ3) is 3.39. The van der Waals surface area contributed by atoms with Crippen LogP contribution in [0.4, 0.5) is 0 Å². The molecular weight excluding hydrogens is 282 g/mol. The molecule has 1 unspecified atom stereocenters. The molecule has 0 saturated carbocycles. The molecule has 2 aromatic heterocycles. The predicted molar refractivity (Wildman–Crippen MR) is 95.3 cm³/mol. The fourth-order valence-electron chi connectivity index (χ4n) is 3.17. The average molecular weight is 305 g/mol. The van der Waals surface area contributed by atoms with Crippen LogP contribution in [0.15, 0.2) is 49.1 Å². The molecular formula is C20H23N3. The maximum atomic E-state index is 4.64. The van der Waals surface area contributed by atoms with Gasteiger partial charge >= 0.3 is 0 Å². The second kappa shape index (κ2) is 6.86. The highest BCUT2D eigenvalue weighted by atomic mass is 14.8. The number of benzene rings is 1. The van der Waals surface area contributed by atoms with Crippen molar-refractivity contribution in [3.63, 3.8) is 0 Å². The van der Waals surface area contributed by atoms with Crippen molar-refractivity contribution in [2.45, 2.75) is 39.5 Å². The van der Waals surface area contributed by atoms with Gasteiger partial charge < -0.3 is 0 Å². The Morgan fingerprint density at radius 3 is 2.43 bits per heavy atom. The lowest BCUT2D eigenvalue weighted by Gasteiger charge is -2.18. The molecule has 2 heterocycles. The number of nitrogens with zero attached hydrogens (tertiary/aromatic N) is 3. The molecule has 0 amide bonds. The number of hydrogen-bond donors (Lipinski definition) is 0. The van der Waals surface area contributed by atoms with Crippen LogP contribution in [0, 0.1) is 5.92 Å². The van der Waals surface area contributed by atoms with E-state index in [0.29, 0.717) is 11.8 Å². The Labute approximate surface area is 137 Å².